The molecule has 1 heterocycles. The van der Waals surface area contributed by atoms with Crippen molar-refractivity contribution in [2.45, 2.75) is 44.4 Å². The van der Waals surface area contributed by atoms with E-state index >= 15 is 0 Å². The van der Waals surface area contributed by atoms with Gasteiger partial charge in [-0.2, -0.15) is 0 Å². The maximum absolute atomic E-state index is 11.6. The van der Waals surface area contributed by atoms with Gasteiger partial charge in [-0.05, 0) is 80.2 Å². The highest BCUT2D eigenvalue weighted by atomic mass is 16.4. The highest BCUT2D eigenvalue weighted by molar-refractivity contribution is 5.75. The number of hydrogen-bond acceptors (Lipinski definition) is 1. The molecule has 1 atom stereocenters. The summed E-state index contributed by atoms with van der Waals surface area (Å²) in [5.74, 6) is 3.18. The van der Waals surface area contributed by atoms with Crippen LogP contribution in [0.2, 0.25) is 0 Å². The summed E-state index contributed by atoms with van der Waals surface area (Å²) < 4.78 is 0. The lowest BCUT2D eigenvalue weighted by atomic mass is 9.50. The van der Waals surface area contributed by atoms with Crippen molar-refractivity contribution in [1.29, 1.82) is 0 Å². The Labute approximate surface area is 119 Å². The molecular formula is C17H23NO2. The average Bonchev–Trinajstić information content (AvgIpc) is 2.90. The molecule has 0 radical (unpaired) electrons. The van der Waals surface area contributed by atoms with Crippen molar-refractivity contribution < 1.29 is 9.90 Å². The van der Waals surface area contributed by atoms with Crippen LogP contribution >= 0.6 is 0 Å². The molecule has 3 nitrogen and oxygen atoms in total. The number of rotatable bonds is 4. The predicted molar refractivity (Wildman–Crippen MR) is 76.3 cm³/mol. The third kappa shape index (κ3) is 1.99. The summed E-state index contributed by atoms with van der Waals surface area (Å²) in [5.41, 5.74) is 0.881. The first-order valence-electron chi connectivity index (χ1n) is 8.06. The van der Waals surface area contributed by atoms with Crippen LogP contribution in [-0.2, 0) is 4.79 Å². The fourth-order valence-corrected chi connectivity index (χ4v) is 5.62. The molecule has 0 aromatic carbocycles. The number of aromatic nitrogens is 1. The Bertz CT molecular complexity index is 465. The smallest absolute Gasteiger partial charge is 0.312 e. The highest BCUT2D eigenvalue weighted by Crippen LogP contribution is 2.58. The monoisotopic (exact) mass is 273 g/mol. The van der Waals surface area contributed by atoms with Crippen molar-refractivity contribution in [2.24, 2.45) is 29.6 Å². The van der Waals surface area contributed by atoms with Crippen LogP contribution < -0.4 is 0 Å². The summed E-state index contributed by atoms with van der Waals surface area (Å²) in [6, 6.07) is 3.83. The molecule has 20 heavy (non-hydrogen) atoms. The molecular weight excluding hydrogens is 250 g/mol. The SMILES string of the molecule is O=C(O)C(CC1C2CC3CC(C2)CC1C3)c1ccc[nH]1. The van der Waals surface area contributed by atoms with Gasteiger partial charge in [-0.1, -0.05) is 0 Å². The number of carboxylic acid groups (broad SMARTS) is 1. The molecule has 1 aromatic heterocycles. The van der Waals surface area contributed by atoms with Crippen LogP contribution in [0.5, 0.6) is 0 Å². The molecule has 0 amide bonds. The van der Waals surface area contributed by atoms with E-state index in [0.29, 0.717) is 5.92 Å². The largest absolute Gasteiger partial charge is 0.481 e. The Morgan fingerprint density at radius 2 is 1.85 bits per heavy atom. The maximum atomic E-state index is 11.6. The summed E-state index contributed by atoms with van der Waals surface area (Å²) in [6.45, 7) is 0. The number of carbonyl (C=O) groups is 1. The summed E-state index contributed by atoms with van der Waals surface area (Å²) in [5, 5.41) is 9.58. The van der Waals surface area contributed by atoms with E-state index < -0.39 is 5.97 Å². The number of aliphatic carboxylic acids is 1. The lowest BCUT2D eigenvalue weighted by Gasteiger charge is -2.55. The zero-order valence-electron chi connectivity index (χ0n) is 11.8. The van der Waals surface area contributed by atoms with Gasteiger partial charge in [0, 0.05) is 11.9 Å². The molecule has 1 unspecified atom stereocenters. The van der Waals surface area contributed by atoms with Gasteiger partial charge in [0.25, 0.3) is 0 Å². The van der Waals surface area contributed by atoms with Crippen molar-refractivity contribution in [3.8, 4) is 0 Å². The second kappa shape index (κ2) is 4.64. The van der Waals surface area contributed by atoms with E-state index in [9.17, 15) is 9.90 Å². The summed E-state index contributed by atoms with van der Waals surface area (Å²) in [7, 11) is 0. The van der Waals surface area contributed by atoms with Crippen molar-refractivity contribution in [2.75, 3.05) is 0 Å². The van der Waals surface area contributed by atoms with E-state index in [2.05, 4.69) is 4.98 Å². The Hall–Kier alpha value is -1.25. The molecule has 0 aliphatic heterocycles. The third-order valence-corrected chi connectivity index (χ3v) is 6.23. The fourth-order valence-electron chi connectivity index (χ4n) is 5.62. The van der Waals surface area contributed by atoms with Gasteiger partial charge in [-0.25, -0.2) is 0 Å². The van der Waals surface area contributed by atoms with Gasteiger partial charge in [0.2, 0.25) is 0 Å². The van der Waals surface area contributed by atoms with Crippen LogP contribution in [0.15, 0.2) is 18.3 Å². The van der Waals surface area contributed by atoms with Crippen LogP contribution in [0.4, 0.5) is 0 Å². The van der Waals surface area contributed by atoms with E-state index in [1.807, 2.05) is 18.3 Å². The minimum Gasteiger partial charge on any atom is -0.481 e. The Morgan fingerprint density at radius 3 is 2.35 bits per heavy atom. The first kappa shape index (κ1) is 12.5. The quantitative estimate of drug-likeness (QED) is 0.880. The summed E-state index contributed by atoms with van der Waals surface area (Å²) >= 11 is 0. The molecule has 4 aliphatic rings. The van der Waals surface area contributed by atoms with Crippen LogP contribution in [0.1, 0.15) is 50.1 Å². The van der Waals surface area contributed by atoms with E-state index in [4.69, 9.17) is 0 Å². The van der Waals surface area contributed by atoms with Gasteiger partial charge in [-0.3, -0.25) is 4.79 Å². The second-order valence-corrected chi connectivity index (χ2v) is 7.35. The lowest BCUT2D eigenvalue weighted by molar-refractivity contribution is -0.140. The molecule has 2 N–H and O–H groups in total. The minimum absolute atomic E-state index is 0.340. The van der Waals surface area contributed by atoms with Gasteiger partial charge in [-0.15, -0.1) is 0 Å². The normalized spacial score (nSPS) is 39.9. The highest BCUT2D eigenvalue weighted by Gasteiger charge is 2.49. The van der Waals surface area contributed by atoms with Crippen LogP contribution in [0.25, 0.3) is 0 Å². The molecule has 3 heteroatoms. The van der Waals surface area contributed by atoms with Crippen molar-refractivity contribution in [3.05, 3.63) is 24.0 Å². The first-order chi connectivity index (χ1) is 9.70. The Balaban J connectivity index is 1.54. The number of aromatic amines is 1. The lowest BCUT2D eigenvalue weighted by Crippen LogP contribution is -2.45. The molecule has 5 rings (SSSR count). The number of carboxylic acids is 1. The molecule has 0 saturated heterocycles. The predicted octanol–water partition coefficient (Wildman–Crippen LogP) is 3.65. The number of H-pyrrole nitrogens is 1. The fraction of sp³-hybridized carbons (Fsp3) is 0.706. The first-order valence-corrected chi connectivity index (χ1v) is 8.06. The zero-order chi connectivity index (χ0) is 13.7. The number of hydrogen-bond donors (Lipinski definition) is 2. The van der Waals surface area contributed by atoms with Crippen molar-refractivity contribution in [1.82, 2.24) is 4.98 Å². The molecule has 4 saturated carbocycles. The molecule has 1 aromatic rings. The van der Waals surface area contributed by atoms with Crippen molar-refractivity contribution in [3.63, 3.8) is 0 Å². The van der Waals surface area contributed by atoms with Gasteiger partial charge in [0.15, 0.2) is 0 Å². The van der Waals surface area contributed by atoms with E-state index in [0.717, 1.165) is 35.8 Å². The topological polar surface area (TPSA) is 53.1 Å². The molecule has 4 fully saturated rings. The average molecular weight is 273 g/mol. The van der Waals surface area contributed by atoms with Gasteiger partial charge < -0.3 is 10.1 Å². The minimum atomic E-state index is -0.666. The van der Waals surface area contributed by atoms with E-state index in [1.165, 1.54) is 32.1 Å². The van der Waals surface area contributed by atoms with Crippen molar-refractivity contribution >= 4 is 5.97 Å². The Morgan fingerprint density at radius 1 is 1.20 bits per heavy atom. The third-order valence-electron chi connectivity index (χ3n) is 6.23. The molecule has 0 spiro atoms. The summed E-state index contributed by atoms with van der Waals surface area (Å²) in [6.07, 6.45) is 9.61. The van der Waals surface area contributed by atoms with E-state index in [-0.39, 0.29) is 5.92 Å². The van der Waals surface area contributed by atoms with Crippen LogP contribution in [0.3, 0.4) is 0 Å². The van der Waals surface area contributed by atoms with E-state index in [1.54, 1.807) is 0 Å². The van der Waals surface area contributed by atoms with Gasteiger partial charge in [0.05, 0.1) is 5.92 Å². The number of nitrogens with one attached hydrogen (secondary N) is 1. The molecule has 108 valence electrons. The molecule has 4 bridgehead atoms. The van der Waals surface area contributed by atoms with Gasteiger partial charge in [0.1, 0.15) is 0 Å². The Kier molecular flexibility index (Phi) is 2.90. The zero-order valence-corrected chi connectivity index (χ0v) is 11.8. The van der Waals surface area contributed by atoms with Crippen LogP contribution in [0, 0.1) is 29.6 Å². The molecule has 4 aliphatic carbocycles. The summed E-state index contributed by atoms with van der Waals surface area (Å²) in [4.78, 5) is 14.8. The second-order valence-electron chi connectivity index (χ2n) is 7.35. The standard InChI is InChI=1S/C17H23NO2/c19-17(20)15(16-2-1-3-18-16)9-14-12-5-10-4-11(7-12)8-13(14)6-10/h1-3,10-15,18H,4-9H2,(H,19,20). The van der Waals surface area contributed by atoms with Crippen LogP contribution in [-0.4, -0.2) is 16.1 Å². The maximum Gasteiger partial charge on any atom is 0.312 e. The van der Waals surface area contributed by atoms with Gasteiger partial charge >= 0.3 is 5.97 Å².